The zero-order valence-electron chi connectivity index (χ0n) is 10.2. The first-order chi connectivity index (χ1) is 8.58. The van der Waals surface area contributed by atoms with Crippen LogP contribution >= 0.6 is 0 Å². The molecule has 1 fully saturated rings. The zero-order chi connectivity index (χ0) is 12.9. The van der Waals surface area contributed by atoms with Gasteiger partial charge in [-0.25, -0.2) is 13.8 Å². The number of hydrogen-bond acceptors (Lipinski definition) is 2. The van der Waals surface area contributed by atoms with Crippen molar-refractivity contribution in [1.29, 1.82) is 0 Å². The Morgan fingerprint density at radius 1 is 1.44 bits per heavy atom. The molecule has 5 heteroatoms. The summed E-state index contributed by atoms with van der Waals surface area (Å²) in [5.41, 5.74) is 6.42. The average Bonchev–Trinajstić information content (AvgIpc) is 3.05. The molecule has 0 aliphatic heterocycles. The molecule has 1 heterocycles. The van der Waals surface area contributed by atoms with Crippen molar-refractivity contribution < 1.29 is 8.78 Å². The number of nitrogen functional groups attached to an aromatic ring is 1. The van der Waals surface area contributed by atoms with Crippen LogP contribution in [0.3, 0.4) is 0 Å². The molecule has 1 saturated carbocycles. The summed E-state index contributed by atoms with van der Waals surface area (Å²) in [7, 11) is 0. The number of aromatic nitrogens is 2. The third kappa shape index (κ3) is 1.74. The molecular weight excluding hydrogens is 236 g/mol. The fourth-order valence-corrected chi connectivity index (χ4v) is 2.53. The summed E-state index contributed by atoms with van der Waals surface area (Å²) < 4.78 is 28.8. The van der Waals surface area contributed by atoms with Crippen LogP contribution < -0.4 is 5.73 Å². The third-order valence-electron chi connectivity index (χ3n) is 3.58. The van der Waals surface area contributed by atoms with E-state index in [4.69, 9.17) is 5.73 Å². The largest absolute Gasteiger partial charge is 0.369 e. The molecule has 1 unspecified atom stereocenters. The SMILES string of the molecule is CC(CC1CC1)n1c(N)nc2ccc(F)c(F)c21. The van der Waals surface area contributed by atoms with Crippen molar-refractivity contribution in [3.63, 3.8) is 0 Å². The van der Waals surface area contributed by atoms with E-state index in [2.05, 4.69) is 4.98 Å². The first-order valence-electron chi connectivity index (χ1n) is 6.19. The molecule has 1 aromatic carbocycles. The van der Waals surface area contributed by atoms with E-state index in [1.165, 1.54) is 18.9 Å². The number of rotatable bonds is 3. The van der Waals surface area contributed by atoms with Gasteiger partial charge in [-0.15, -0.1) is 0 Å². The summed E-state index contributed by atoms with van der Waals surface area (Å²) in [5.74, 6) is -0.780. The second kappa shape index (κ2) is 3.93. The van der Waals surface area contributed by atoms with E-state index in [9.17, 15) is 8.78 Å². The Balaban J connectivity index is 2.13. The van der Waals surface area contributed by atoms with Gasteiger partial charge in [0.05, 0.1) is 5.52 Å². The van der Waals surface area contributed by atoms with Gasteiger partial charge in [-0.05, 0) is 31.4 Å². The summed E-state index contributed by atoms with van der Waals surface area (Å²) >= 11 is 0. The van der Waals surface area contributed by atoms with Crippen LogP contribution in [-0.2, 0) is 0 Å². The number of hydrogen-bond donors (Lipinski definition) is 1. The Morgan fingerprint density at radius 2 is 2.17 bits per heavy atom. The van der Waals surface area contributed by atoms with Crippen LogP contribution in [0.15, 0.2) is 12.1 Å². The maximum atomic E-state index is 13.9. The molecule has 1 aliphatic rings. The van der Waals surface area contributed by atoms with E-state index in [0.717, 1.165) is 12.5 Å². The number of nitrogens with two attached hydrogens (primary N) is 1. The normalized spacial score (nSPS) is 17.3. The molecule has 0 amide bonds. The molecule has 0 spiro atoms. The minimum absolute atomic E-state index is 0.0406. The fourth-order valence-electron chi connectivity index (χ4n) is 2.53. The number of halogens is 2. The van der Waals surface area contributed by atoms with Crippen molar-refractivity contribution in [2.75, 3.05) is 5.73 Å². The van der Waals surface area contributed by atoms with Crippen molar-refractivity contribution in [2.24, 2.45) is 5.92 Å². The summed E-state index contributed by atoms with van der Waals surface area (Å²) in [5, 5.41) is 0. The molecule has 3 rings (SSSR count). The van der Waals surface area contributed by atoms with E-state index in [1.54, 1.807) is 4.57 Å². The van der Waals surface area contributed by atoms with Gasteiger partial charge in [-0.1, -0.05) is 12.8 Å². The standard InChI is InChI=1S/C13H15F2N3/c1-7(6-8-2-3-8)18-12-10(17-13(18)16)5-4-9(14)11(12)15/h4-5,7-8H,2-3,6H2,1H3,(H2,16,17). The first kappa shape index (κ1) is 11.4. The first-order valence-corrected chi connectivity index (χ1v) is 6.19. The van der Waals surface area contributed by atoms with Crippen LogP contribution in [-0.4, -0.2) is 9.55 Å². The van der Waals surface area contributed by atoms with Gasteiger partial charge >= 0.3 is 0 Å². The highest BCUT2D eigenvalue weighted by molar-refractivity contribution is 5.79. The highest BCUT2D eigenvalue weighted by Crippen LogP contribution is 2.38. The number of fused-ring (bicyclic) bond motifs is 1. The van der Waals surface area contributed by atoms with Gasteiger partial charge in [0.15, 0.2) is 11.6 Å². The minimum atomic E-state index is -0.862. The van der Waals surface area contributed by atoms with Gasteiger partial charge in [-0.2, -0.15) is 0 Å². The molecule has 96 valence electrons. The number of nitrogens with zero attached hydrogens (tertiary/aromatic N) is 2. The molecule has 3 nitrogen and oxygen atoms in total. The minimum Gasteiger partial charge on any atom is -0.369 e. The molecule has 0 radical (unpaired) electrons. The predicted molar refractivity (Wildman–Crippen MR) is 66.1 cm³/mol. The quantitative estimate of drug-likeness (QED) is 0.909. The monoisotopic (exact) mass is 251 g/mol. The zero-order valence-corrected chi connectivity index (χ0v) is 10.2. The lowest BCUT2D eigenvalue weighted by atomic mass is 10.1. The summed E-state index contributed by atoms with van der Waals surface area (Å²) in [6.07, 6.45) is 3.37. The Morgan fingerprint density at radius 3 is 2.83 bits per heavy atom. The van der Waals surface area contributed by atoms with Gasteiger partial charge in [0.1, 0.15) is 5.52 Å². The van der Waals surface area contributed by atoms with Crippen molar-refractivity contribution in [1.82, 2.24) is 9.55 Å². The van der Waals surface area contributed by atoms with Gasteiger partial charge in [0, 0.05) is 6.04 Å². The van der Waals surface area contributed by atoms with E-state index < -0.39 is 11.6 Å². The predicted octanol–water partition coefficient (Wildman–Crippen LogP) is 3.26. The molecule has 0 bridgehead atoms. The molecular formula is C13H15F2N3. The van der Waals surface area contributed by atoms with Crippen molar-refractivity contribution in [3.8, 4) is 0 Å². The molecule has 2 aromatic rings. The number of imidazole rings is 1. The molecule has 2 N–H and O–H groups in total. The van der Waals surface area contributed by atoms with Gasteiger partial charge < -0.3 is 10.3 Å². The van der Waals surface area contributed by atoms with Crippen molar-refractivity contribution >= 4 is 17.0 Å². The molecule has 1 aromatic heterocycles. The van der Waals surface area contributed by atoms with Gasteiger partial charge in [0.25, 0.3) is 0 Å². The average molecular weight is 251 g/mol. The van der Waals surface area contributed by atoms with E-state index >= 15 is 0 Å². The van der Waals surface area contributed by atoms with Crippen molar-refractivity contribution in [3.05, 3.63) is 23.8 Å². The van der Waals surface area contributed by atoms with E-state index in [0.29, 0.717) is 11.4 Å². The maximum Gasteiger partial charge on any atom is 0.201 e. The van der Waals surface area contributed by atoms with Crippen LogP contribution in [0, 0.1) is 17.6 Å². The van der Waals surface area contributed by atoms with Crippen LogP contribution in [0.25, 0.3) is 11.0 Å². The second-order valence-corrected chi connectivity index (χ2v) is 5.10. The van der Waals surface area contributed by atoms with Gasteiger partial charge in [-0.3, -0.25) is 0 Å². The Bertz CT molecular complexity index is 602. The van der Waals surface area contributed by atoms with E-state index in [-0.39, 0.29) is 17.5 Å². The summed E-state index contributed by atoms with van der Waals surface area (Å²) in [6, 6.07) is 2.59. The van der Waals surface area contributed by atoms with Crippen molar-refractivity contribution in [2.45, 2.75) is 32.2 Å². The molecule has 1 aliphatic carbocycles. The van der Waals surface area contributed by atoms with Crippen LogP contribution in [0.4, 0.5) is 14.7 Å². The lowest BCUT2D eigenvalue weighted by Gasteiger charge is -2.15. The third-order valence-corrected chi connectivity index (χ3v) is 3.58. The fraction of sp³-hybridized carbons (Fsp3) is 0.462. The summed E-state index contributed by atoms with van der Waals surface area (Å²) in [6.45, 7) is 1.97. The number of anilines is 1. The Labute approximate surface area is 104 Å². The maximum absolute atomic E-state index is 13.9. The summed E-state index contributed by atoms with van der Waals surface area (Å²) in [4.78, 5) is 4.10. The smallest absolute Gasteiger partial charge is 0.201 e. The molecule has 18 heavy (non-hydrogen) atoms. The van der Waals surface area contributed by atoms with E-state index in [1.807, 2.05) is 6.92 Å². The second-order valence-electron chi connectivity index (χ2n) is 5.10. The Hall–Kier alpha value is -1.65. The topological polar surface area (TPSA) is 43.8 Å². The number of benzene rings is 1. The van der Waals surface area contributed by atoms with Crippen LogP contribution in [0.1, 0.15) is 32.2 Å². The molecule has 1 atom stereocenters. The van der Waals surface area contributed by atoms with Crippen LogP contribution in [0.2, 0.25) is 0 Å². The van der Waals surface area contributed by atoms with Crippen LogP contribution in [0.5, 0.6) is 0 Å². The lowest BCUT2D eigenvalue weighted by molar-refractivity contribution is 0.475. The highest BCUT2D eigenvalue weighted by Gasteiger charge is 2.27. The molecule has 0 saturated heterocycles. The lowest BCUT2D eigenvalue weighted by Crippen LogP contribution is -2.10. The van der Waals surface area contributed by atoms with Gasteiger partial charge in [0.2, 0.25) is 5.95 Å². The Kier molecular flexibility index (Phi) is 2.50. The highest BCUT2D eigenvalue weighted by atomic mass is 19.2.